The minimum Gasteiger partial charge on any atom is -0.354 e. The molecule has 0 aromatic heterocycles. The van der Waals surface area contributed by atoms with Gasteiger partial charge in [-0.1, -0.05) is 12.1 Å². The standard InChI is InChI=1S/C21H27F2N3O3S/c1-25(2)20(16-6-8-17(22)9-7-16)15-24-21(27)5-4-14-26(3)30(28,29)19-12-10-18(23)11-13-19/h6-13,20H,4-5,14-15H2,1-3H3,(H,24,27). The number of hydrogen-bond donors (Lipinski definition) is 1. The van der Waals surface area contributed by atoms with Gasteiger partial charge in [0.05, 0.1) is 10.9 Å². The summed E-state index contributed by atoms with van der Waals surface area (Å²) in [5.41, 5.74) is 0.881. The van der Waals surface area contributed by atoms with Crippen molar-refractivity contribution in [2.45, 2.75) is 23.8 Å². The second kappa shape index (κ2) is 10.6. The monoisotopic (exact) mass is 439 g/mol. The second-order valence-electron chi connectivity index (χ2n) is 7.22. The third-order valence-corrected chi connectivity index (χ3v) is 6.64. The Labute approximate surface area is 176 Å². The van der Waals surface area contributed by atoms with E-state index < -0.39 is 15.8 Å². The topological polar surface area (TPSA) is 69.7 Å². The van der Waals surface area contributed by atoms with E-state index in [1.807, 2.05) is 19.0 Å². The summed E-state index contributed by atoms with van der Waals surface area (Å²) < 4.78 is 52.2. The van der Waals surface area contributed by atoms with E-state index in [1.54, 1.807) is 12.1 Å². The average molecular weight is 440 g/mol. The normalized spacial score (nSPS) is 12.9. The van der Waals surface area contributed by atoms with Crippen molar-refractivity contribution in [1.82, 2.24) is 14.5 Å². The Kier molecular flexibility index (Phi) is 8.45. The summed E-state index contributed by atoms with van der Waals surface area (Å²) >= 11 is 0. The molecule has 2 aromatic rings. The summed E-state index contributed by atoms with van der Waals surface area (Å²) in [6.45, 7) is 0.503. The molecule has 0 saturated carbocycles. The van der Waals surface area contributed by atoms with Crippen LogP contribution in [0.5, 0.6) is 0 Å². The Morgan fingerprint density at radius 1 is 0.967 bits per heavy atom. The smallest absolute Gasteiger partial charge is 0.242 e. The maximum atomic E-state index is 13.1. The van der Waals surface area contributed by atoms with E-state index in [1.165, 1.54) is 31.3 Å². The Hall–Kier alpha value is -2.36. The fraction of sp³-hybridized carbons (Fsp3) is 0.381. The molecular formula is C21H27F2N3O3S. The van der Waals surface area contributed by atoms with Crippen molar-refractivity contribution in [2.75, 3.05) is 34.2 Å². The molecule has 9 heteroatoms. The molecule has 0 saturated heterocycles. The van der Waals surface area contributed by atoms with Crippen LogP contribution in [0.3, 0.4) is 0 Å². The van der Waals surface area contributed by atoms with Crippen LogP contribution in [0.4, 0.5) is 8.78 Å². The zero-order valence-corrected chi connectivity index (χ0v) is 18.1. The van der Waals surface area contributed by atoms with Gasteiger partial charge in [-0.15, -0.1) is 0 Å². The summed E-state index contributed by atoms with van der Waals surface area (Å²) in [5.74, 6) is -1.03. The van der Waals surface area contributed by atoms with Crippen LogP contribution in [0.25, 0.3) is 0 Å². The lowest BCUT2D eigenvalue weighted by Gasteiger charge is -2.25. The highest BCUT2D eigenvalue weighted by Crippen LogP contribution is 2.18. The molecule has 2 aromatic carbocycles. The van der Waals surface area contributed by atoms with E-state index in [9.17, 15) is 22.0 Å². The fourth-order valence-corrected chi connectivity index (χ4v) is 4.16. The molecule has 0 bridgehead atoms. The summed E-state index contributed by atoms with van der Waals surface area (Å²) in [7, 11) is 1.43. The highest BCUT2D eigenvalue weighted by atomic mass is 32.2. The van der Waals surface area contributed by atoms with Crippen molar-refractivity contribution >= 4 is 15.9 Å². The highest BCUT2D eigenvalue weighted by molar-refractivity contribution is 7.89. The van der Waals surface area contributed by atoms with Crippen LogP contribution in [0.15, 0.2) is 53.4 Å². The maximum Gasteiger partial charge on any atom is 0.242 e. The van der Waals surface area contributed by atoms with Gasteiger partial charge in [-0.2, -0.15) is 0 Å². The van der Waals surface area contributed by atoms with Crippen molar-refractivity contribution in [3.05, 3.63) is 65.7 Å². The van der Waals surface area contributed by atoms with Gasteiger partial charge in [0.1, 0.15) is 11.6 Å². The third kappa shape index (κ3) is 6.58. The van der Waals surface area contributed by atoms with E-state index >= 15 is 0 Å². The molecule has 0 aliphatic rings. The van der Waals surface area contributed by atoms with Gasteiger partial charge in [-0.25, -0.2) is 21.5 Å². The van der Waals surface area contributed by atoms with Crippen molar-refractivity contribution in [3.63, 3.8) is 0 Å². The van der Waals surface area contributed by atoms with Gasteiger partial charge in [0.25, 0.3) is 0 Å². The fourth-order valence-electron chi connectivity index (χ4n) is 2.95. The number of amides is 1. The summed E-state index contributed by atoms with van der Waals surface area (Å²) in [5, 5.41) is 2.84. The van der Waals surface area contributed by atoms with Crippen molar-refractivity contribution in [3.8, 4) is 0 Å². The molecule has 0 spiro atoms. The molecule has 0 heterocycles. The molecule has 2 rings (SSSR count). The summed E-state index contributed by atoms with van der Waals surface area (Å²) in [4.78, 5) is 14.1. The van der Waals surface area contributed by atoms with Crippen LogP contribution in [0, 0.1) is 11.6 Å². The van der Waals surface area contributed by atoms with E-state index in [4.69, 9.17) is 0 Å². The first-order chi connectivity index (χ1) is 14.1. The zero-order valence-electron chi connectivity index (χ0n) is 17.3. The van der Waals surface area contributed by atoms with Crippen LogP contribution in [0.1, 0.15) is 24.4 Å². The van der Waals surface area contributed by atoms with E-state index in [0.717, 1.165) is 22.0 Å². The van der Waals surface area contributed by atoms with Crippen LogP contribution in [0.2, 0.25) is 0 Å². The number of halogens is 2. The van der Waals surface area contributed by atoms with E-state index in [0.29, 0.717) is 13.0 Å². The van der Waals surface area contributed by atoms with Crippen LogP contribution in [-0.4, -0.2) is 57.8 Å². The zero-order chi connectivity index (χ0) is 22.3. The molecule has 30 heavy (non-hydrogen) atoms. The Morgan fingerprint density at radius 2 is 1.50 bits per heavy atom. The number of carbonyl (C=O) groups is 1. The molecular weight excluding hydrogens is 412 g/mol. The summed E-state index contributed by atoms with van der Waals surface area (Å²) in [6, 6.07) is 10.6. The number of carbonyl (C=O) groups excluding carboxylic acids is 1. The summed E-state index contributed by atoms with van der Waals surface area (Å²) in [6.07, 6.45) is 0.499. The number of likely N-dealkylation sites (N-methyl/N-ethyl adjacent to an activating group) is 1. The van der Waals surface area contributed by atoms with Crippen molar-refractivity contribution in [2.24, 2.45) is 0 Å². The molecule has 6 nitrogen and oxygen atoms in total. The van der Waals surface area contributed by atoms with E-state index in [-0.39, 0.29) is 35.6 Å². The van der Waals surface area contributed by atoms with E-state index in [2.05, 4.69) is 5.32 Å². The van der Waals surface area contributed by atoms with Gasteiger partial charge in [0, 0.05) is 26.6 Å². The lowest BCUT2D eigenvalue weighted by molar-refractivity contribution is -0.121. The quantitative estimate of drug-likeness (QED) is 0.618. The Morgan fingerprint density at radius 3 is 2.03 bits per heavy atom. The second-order valence-corrected chi connectivity index (χ2v) is 9.26. The minimum atomic E-state index is -3.73. The molecule has 0 aliphatic carbocycles. The van der Waals surface area contributed by atoms with Crippen LogP contribution >= 0.6 is 0 Å². The first-order valence-corrected chi connectivity index (χ1v) is 11.0. The molecule has 1 unspecified atom stereocenters. The average Bonchev–Trinajstić information content (AvgIpc) is 2.69. The first kappa shape index (κ1) is 23.9. The SMILES string of the molecule is CN(C)C(CNC(=O)CCCN(C)S(=O)(=O)c1ccc(F)cc1)c1ccc(F)cc1. The number of benzene rings is 2. The predicted molar refractivity (Wildman–Crippen MR) is 111 cm³/mol. The van der Waals surface area contributed by atoms with Crippen molar-refractivity contribution in [1.29, 1.82) is 0 Å². The number of sulfonamides is 1. The van der Waals surface area contributed by atoms with Gasteiger partial charge in [-0.05, 0) is 62.5 Å². The van der Waals surface area contributed by atoms with Gasteiger partial charge in [0.2, 0.25) is 15.9 Å². The molecule has 0 radical (unpaired) electrons. The number of rotatable bonds is 10. The predicted octanol–water partition coefficient (Wildman–Crippen LogP) is 2.78. The Bertz CT molecular complexity index is 933. The maximum absolute atomic E-state index is 13.1. The van der Waals surface area contributed by atoms with Gasteiger partial charge >= 0.3 is 0 Å². The lowest BCUT2D eigenvalue weighted by Crippen LogP contribution is -2.35. The third-order valence-electron chi connectivity index (χ3n) is 4.77. The number of hydrogen-bond acceptors (Lipinski definition) is 4. The number of nitrogens with one attached hydrogen (secondary N) is 1. The van der Waals surface area contributed by atoms with Gasteiger partial charge in [-0.3, -0.25) is 4.79 Å². The highest BCUT2D eigenvalue weighted by Gasteiger charge is 2.21. The molecule has 1 amide bonds. The molecule has 0 aliphatic heterocycles. The molecule has 164 valence electrons. The van der Waals surface area contributed by atoms with Gasteiger partial charge < -0.3 is 10.2 Å². The Balaban J connectivity index is 1.83. The minimum absolute atomic E-state index is 0.00368. The number of nitrogens with zero attached hydrogens (tertiary/aromatic N) is 2. The molecule has 1 atom stereocenters. The largest absolute Gasteiger partial charge is 0.354 e. The lowest BCUT2D eigenvalue weighted by atomic mass is 10.1. The molecule has 1 N–H and O–H groups in total. The van der Waals surface area contributed by atoms with Crippen LogP contribution in [-0.2, 0) is 14.8 Å². The van der Waals surface area contributed by atoms with Crippen LogP contribution < -0.4 is 5.32 Å². The first-order valence-electron chi connectivity index (χ1n) is 9.51. The molecule has 0 fully saturated rings. The van der Waals surface area contributed by atoms with Crippen molar-refractivity contribution < 1.29 is 22.0 Å². The van der Waals surface area contributed by atoms with Gasteiger partial charge in [0.15, 0.2) is 0 Å².